The summed E-state index contributed by atoms with van der Waals surface area (Å²) in [7, 11) is 1.10. The number of hydrogen-bond donors (Lipinski definition) is 6. The first-order chi connectivity index (χ1) is 21.1. The van der Waals surface area contributed by atoms with Gasteiger partial charge in [-0.1, -0.05) is 42.3 Å². The van der Waals surface area contributed by atoms with E-state index in [4.69, 9.17) is 35.8 Å². The number of aromatic hydroxyl groups is 1. The number of methoxy groups -OCH3 is 1. The van der Waals surface area contributed by atoms with Crippen molar-refractivity contribution < 1.29 is 53.7 Å². The quantitative estimate of drug-likeness (QED) is 0.0802. The molecule has 0 unspecified atom stereocenters. The summed E-state index contributed by atoms with van der Waals surface area (Å²) in [5.74, 6) is -1.03. The molecule has 1 amide bonds. The molecule has 0 aromatic heterocycles. The lowest BCUT2D eigenvalue weighted by Gasteiger charge is -2.45. The largest absolute Gasteiger partial charge is 0.508 e. The highest BCUT2D eigenvalue weighted by Crippen LogP contribution is 2.33. The summed E-state index contributed by atoms with van der Waals surface area (Å²) in [6.07, 6.45) is -1.41. The second-order valence-electron chi connectivity index (χ2n) is 10.2. The summed E-state index contributed by atoms with van der Waals surface area (Å²) in [4.78, 5) is 25.3. The fourth-order valence-corrected chi connectivity index (χ4v) is 4.60. The van der Waals surface area contributed by atoms with Crippen LogP contribution in [0.2, 0.25) is 0 Å². The van der Waals surface area contributed by atoms with Crippen molar-refractivity contribution in [1.82, 2.24) is 5.32 Å². The Morgan fingerprint density at radius 1 is 1.07 bits per heavy atom. The fourth-order valence-electron chi connectivity index (χ4n) is 4.60. The minimum atomic E-state index is -2.13. The number of nitrogens with two attached hydrogens (primary N) is 1. The summed E-state index contributed by atoms with van der Waals surface area (Å²) >= 11 is 0. The van der Waals surface area contributed by atoms with Gasteiger partial charge in [-0.2, -0.15) is 0 Å². The van der Waals surface area contributed by atoms with E-state index in [9.17, 15) is 30.0 Å². The summed E-state index contributed by atoms with van der Waals surface area (Å²) in [5.41, 5.74) is 8.60. The van der Waals surface area contributed by atoms with Gasteiger partial charge in [-0.15, -0.1) is 6.42 Å². The molecule has 1 aliphatic heterocycles. The van der Waals surface area contributed by atoms with E-state index < -0.39 is 54.5 Å². The van der Waals surface area contributed by atoms with Gasteiger partial charge in [0.25, 0.3) is 5.79 Å². The topological polar surface area (TPSA) is 199 Å². The lowest BCUT2D eigenvalue weighted by atomic mass is 9.89. The number of rotatable bonds is 16. The molecule has 1 heterocycles. The van der Waals surface area contributed by atoms with Crippen molar-refractivity contribution in [3.05, 3.63) is 54.1 Å². The Bertz CT molecular complexity index is 1230. The normalized spacial score (nSPS) is 22.9. The number of phenolic OH excluding ortho intramolecular Hbond substituents is 1. The third kappa shape index (κ3) is 9.71. The standard InChI is InChI=1S/C31H40N2O11/c1-3-12-41-13-14-42-15-16-43-31(30(39)40-2)18-24(35)27(32)29(44-31)28(38)25(36)19-33-26(37)17-20-4-6-21(7-5-20)22-8-10-23(34)11-9-22/h1,4-11,24-25,27-29,34-36,38H,12-19,32H2,2H3,(H,33,37)/t24-,25+,27+,28+,29+,31+/m0/s1. The molecule has 1 saturated heterocycles. The molecule has 0 aliphatic carbocycles. The van der Waals surface area contributed by atoms with Crippen LogP contribution in [0.1, 0.15) is 12.0 Å². The second-order valence-corrected chi connectivity index (χ2v) is 10.2. The predicted molar refractivity (Wildman–Crippen MR) is 157 cm³/mol. The van der Waals surface area contributed by atoms with Crippen molar-refractivity contribution in [1.29, 1.82) is 0 Å². The Labute approximate surface area is 255 Å². The van der Waals surface area contributed by atoms with Crippen LogP contribution in [0.3, 0.4) is 0 Å². The maximum atomic E-state index is 12.7. The van der Waals surface area contributed by atoms with Gasteiger partial charge in [-0.3, -0.25) is 4.79 Å². The van der Waals surface area contributed by atoms with Gasteiger partial charge in [-0.05, 0) is 28.8 Å². The molecule has 6 atom stereocenters. The van der Waals surface area contributed by atoms with Gasteiger partial charge in [0.15, 0.2) is 0 Å². The van der Waals surface area contributed by atoms with Crippen LogP contribution in [0.5, 0.6) is 5.75 Å². The average molecular weight is 617 g/mol. The first-order valence-electron chi connectivity index (χ1n) is 14.0. The molecule has 240 valence electrons. The van der Waals surface area contributed by atoms with Crippen LogP contribution < -0.4 is 11.1 Å². The molecule has 2 aromatic rings. The molecule has 13 nitrogen and oxygen atoms in total. The van der Waals surface area contributed by atoms with Gasteiger partial charge < -0.3 is 55.2 Å². The SMILES string of the molecule is C#CCOCCOCCO[C@]1(C(=O)OC)C[C@H](O)[C@@H](N)[C@H]([C@H](O)[C@H](O)CNC(=O)Cc2ccc(-c3ccc(O)cc3)cc2)O1. The molecular weight excluding hydrogens is 576 g/mol. The van der Waals surface area contributed by atoms with E-state index in [1.54, 1.807) is 36.4 Å². The summed E-state index contributed by atoms with van der Waals surface area (Å²) in [6, 6.07) is 12.8. The molecule has 44 heavy (non-hydrogen) atoms. The number of esters is 1. The maximum absolute atomic E-state index is 12.7. The number of benzene rings is 2. The Morgan fingerprint density at radius 2 is 1.68 bits per heavy atom. The van der Waals surface area contributed by atoms with Crippen LogP contribution in [0.15, 0.2) is 48.5 Å². The van der Waals surface area contributed by atoms with Crippen molar-refractivity contribution in [2.75, 3.05) is 46.7 Å². The van der Waals surface area contributed by atoms with Gasteiger partial charge in [0.1, 0.15) is 24.6 Å². The summed E-state index contributed by atoms with van der Waals surface area (Å²) in [6.45, 7) is 0.138. The van der Waals surface area contributed by atoms with Gasteiger partial charge >= 0.3 is 5.97 Å². The summed E-state index contributed by atoms with van der Waals surface area (Å²) in [5, 5.41) is 44.2. The first kappa shape index (κ1) is 34.9. The average Bonchev–Trinajstić information content (AvgIpc) is 3.02. The fraction of sp³-hybridized carbons (Fsp3) is 0.484. The molecule has 0 radical (unpaired) electrons. The highest BCUT2D eigenvalue weighted by atomic mass is 16.7. The van der Waals surface area contributed by atoms with Crippen LogP contribution >= 0.6 is 0 Å². The van der Waals surface area contributed by atoms with Crippen molar-refractivity contribution in [2.24, 2.45) is 5.73 Å². The molecule has 0 bridgehead atoms. The minimum absolute atomic E-state index is 0.00816. The van der Waals surface area contributed by atoms with E-state index in [0.717, 1.165) is 18.2 Å². The molecule has 7 N–H and O–H groups in total. The van der Waals surface area contributed by atoms with Gasteiger partial charge in [0, 0.05) is 13.0 Å². The monoisotopic (exact) mass is 616 g/mol. The molecule has 1 aliphatic rings. The van der Waals surface area contributed by atoms with E-state index in [-0.39, 0.29) is 51.7 Å². The number of phenols is 1. The number of ether oxygens (including phenoxy) is 5. The molecule has 13 heteroatoms. The molecule has 0 saturated carbocycles. The van der Waals surface area contributed by atoms with Gasteiger partial charge in [-0.25, -0.2) is 4.79 Å². The Morgan fingerprint density at radius 3 is 2.32 bits per heavy atom. The number of nitrogens with one attached hydrogen (secondary N) is 1. The van der Waals surface area contributed by atoms with Gasteiger partial charge in [0.05, 0.1) is 58.2 Å². The van der Waals surface area contributed by atoms with E-state index in [1.165, 1.54) is 0 Å². The molecule has 2 aromatic carbocycles. The number of terminal acetylenes is 1. The smallest absolute Gasteiger partial charge is 0.366 e. The third-order valence-electron chi connectivity index (χ3n) is 7.00. The zero-order chi connectivity index (χ0) is 32.1. The molecular formula is C31H40N2O11. The van der Waals surface area contributed by atoms with Crippen molar-refractivity contribution in [3.63, 3.8) is 0 Å². The van der Waals surface area contributed by atoms with E-state index in [1.807, 2.05) is 12.1 Å². The Balaban J connectivity index is 1.54. The first-order valence-corrected chi connectivity index (χ1v) is 14.0. The lowest BCUT2D eigenvalue weighted by Crippen LogP contribution is -2.67. The minimum Gasteiger partial charge on any atom is -0.508 e. The Kier molecular flexibility index (Phi) is 13.5. The van der Waals surface area contributed by atoms with Crippen molar-refractivity contribution in [3.8, 4) is 29.2 Å². The van der Waals surface area contributed by atoms with Crippen LogP contribution in [0.25, 0.3) is 11.1 Å². The molecule has 3 rings (SSSR count). The maximum Gasteiger partial charge on any atom is 0.366 e. The predicted octanol–water partition coefficient (Wildman–Crippen LogP) is -0.531. The zero-order valence-electron chi connectivity index (χ0n) is 24.5. The zero-order valence-corrected chi connectivity index (χ0v) is 24.5. The molecule has 0 spiro atoms. The number of carbonyl (C=O) groups is 2. The number of aliphatic hydroxyl groups is 3. The highest BCUT2D eigenvalue weighted by molar-refractivity contribution is 5.79. The van der Waals surface area contributed by atoms with Crippen molar-refractivity contribution >= 4 is 11.9 Å². The van der Waals surface area contributed by atoms with E-state index >= 15 is 0 Å². The van der Waals surface area contributed by atoms with Crippen LogP contribution in [0.4, 0.5) is 0 Å². The van der Waals surface area contributed by atoms with Gasteiger partial charge in [0.2, 0.25) is 5.91 Å². The van der Waals surface area contributed by atoms with Crippen molar-refractivity contribution in [2.45, 2.75) is 49.1 Å². The van der Waals surface area contributed by atoms with Crippen LogP contribution in [0, 0.1) is 12.3 Å². The number of carbonyl (C=O) groups excluding carboxylic acids is 2. The Hall–Kier alpha value is -3.58. The highest BCUT2D eigenvalue weighted by Gasteiger charge is 2.55. The van der Waals surface area contributed by atoms with E-state index in [0.29, 0.717) is 5.56 Å². The third-order valence-corrected chi connectivity index (χ3v) is 7.00. The second kappa shape index (κ2) is 17.0. The lowest BCUT2D eigenvalue weighted by molar-refractivity contribution is -0.311. The number of hydrogen-bond acceptors (Lipinski definition) is 12. The van der Waals surface area contributed by atoms with E-state index in [2.05, 4.69) is 11.2 Å². The number of amides is 1. The summed E-state index contributed by atoms with van der Waals surface area (Å²) < 4.78 is 26.7. The van der Waals surface area contributed by atoms with Crippen LogP contribution in [-0.2, 0) is 39.7 Å². The number of aliphatic hydroxyl groups excluding tert-OH is 3. The molecule has 1 fully saturated rings. The van der Waals surface area contributed by atoms with Crippen LogP contribution in [-0.4, -0.2) is 115 Å².